The van der Waals surface area contributed by atoms with E-state index in [9.17, 15) is 25.0 Å². The number of hydrogen-bond donors (Lipinski definition) is 2. The fourth-order valence-electron chi connectivity index (χ4n) is 2.11. The van der Waals surface area contributed by atoms with Gasteiger partial charge in [0.05, 0.1) is 6.54 Å². The number of rotatable bonds is 2. The molecule has 9 nitrogen and oxygen atoms in total. The van der Waals surface area contributed by atoms with Gasteiger partial charge in [-0.2, -0.15) is 0 Å². The molecule has 0 saturated carbocycles. The number of Topliss-reactive ketones (excluding diaryl/α,β-unsaturated/α-hetero) is 1. The fraction of sp³-hybridized carbons (Fsp3) is 0.750. The van der Waals surface area contributed by atoms with Gasteiger partial charge < -0.3 is 10.6 Å². The average Bonchev–Trinajstić information content (AvgIpc) is 2.42. The number of nitro groups is 2. The van der Waals surface area contributed by atoms with Crippen LogP contribution in [0.25, 0.3) is 0 Å². The van der Waals surface area contributed by atoms with E-state index in [-0.39, 0.29) is 18.1 Å². The lowest BCUT2D eigenvalue weighted by molar-refractivity contribution is -0.618. The summed E-state index contributed by atoms with van der Waals surface area (Å²) in [5.74, 6) is -1.56. The van der Waals surface area contributed by atoms with Crippen LogP contribution in [0.15, 0.2) is 11.6 Å². The Balaban J connectivity index is 2.85. The van der Waals surface area contributed by atoms with Crippen LogP contribution >= 0.6 is 0 Å². The molecule has 0 aromatic heterocycles. The Bertz CT molecular complexity index is 419. The lowest BCUT2D eigenvalue weighted by atomic mass is 10.1. The first kappa shape index (κ1) is 16.9. The van der Waals surface area contributed by atoms with Gasteiger partial charge in [0, 0.05) is 13.0 Å². The molecule has 0 atom stereocenters. The smallest absolute Gasteiger partial charge is 0.360 e. The van der Waals surface area contributed by atoms with Crippen molar-refractivity contribution < 1.29 is 14.6 Å². The maximum atomic E-state index is 11.6. The third kappa shape index (κ3) is 6.19. The Morgan fingerprint density at radius 3 is 2.10 bits per heavy atom. The molecule has 1 fully saturated rings. The summed E-state index contributed by atoms with van der Waals surface area (Å²) < 4.78 is 0. The SMILES string of the molecule is O=C1CCCCCCCCNC(=C([N+](=O)[O-])[N+](=O)[O-])NC1. The summed E-state index contributed by atoms with van der Waals surface area (Å²) in [5.41, 5.74) is 0. The van der Waals surface area contributed by atoms with Crippen LogP contribution in [-0.4, -0.2) is 28.7 Å². The first-order valence-corrected chi connectivity index (χ1v) is 7.05. The summed E-state index contributed by atoms with van der Waals surface area (Å²) in [7, 11) is 0. The van der Waals surface area contributed by atoms with Crippen LogP contribution in [0, 0.1) is 20.2 Å². The minimum Gasteiger partial charge on any atom is -0.360 e. The topological polar surface area (TPSA) is 127 Å². The second kappa shape index (κ2) is 8.88. The zero-order valence-corrected chi connectivity index (χ0v) is 11.8. The number of carbonyl (C=O) groups excluding carboxylic acids is 1. The zero-order chi connectivity index (χ0) is 15.7. The monoisotopic (exact) mass is 300 g/mol. The molecule has 0 bridgehead atoms. The van der Waals surface area contributed by atoms with Gasteiger partial charge >= 0.3 is 5.82 Å². The molecule has 0 unspecified atom stereocenters. The van der Waals surface area contributed by atoms with Crippen LogP contribution in [0.5, 0.6) is 0 Å². The Hall–Kier alpha value is -2.19. The zero-order valence-electron chi connectivity index (χ0n) is 11.8. The molecule has 0 radical (unpaired) electrons. The molecule has 1 aliphatic rings. The van der Waals surface area contributed by atoms with Gasteiger partial charge in [0.2, 0.25) is 0 Å². The van der Waals surface area contributed by atoms with Crippen molar-refractivity contribution in [3.8, 4) is 0 Å². The van der Waals surface area contributed by atoms with Gasteiger partial charge in [-0.05, 0) is 12.8 Å². The highest BCUT2D eigenvalue weighted by Gasteiger charge is 2.32. The largest absolute Gasteiger partial charge is 0.599 e. The standard InChI is InChI=1S/C12H20N4O5/c17-10-7-5-3-1-2-4-6-8-13-11(14-9-10)12(15(18)19)16(20)21/h13-14H,1-9H2. The van der Waals surface area contributed by atoms with Crippen molar-refractivity contribution in [1.82, 2.24) is 10.6 Å². The van der Waals surface area contributed by atoms with Crippen molar-refractivity contribution in [2.45, 2.75) is 44.9 Å². The van der Waals surface area contributed by atoms with Crippen molar-refractivity contribution in [2.24, 2.45) is 0 Å². The maximum Gasteiger partial charge on any atom is 0.599 e. The number of nitrogens with zero attached hydrogens (tertiary/aromatic N) is 2. The molecule has 0 aromatic rings. The Morgan fingerprint density at radius 1 is 0.905 bits per heavy atom. The predicted molar refractivity (Wildman–Crippen MR) is 74.3 cm³/mol. The molecule has 1 saturated heterocycles. The summed E-state index contributed by atoms with van der Waals surface area (Å²) in [4.78, 5) is 31.1. The highest BCUT2D eigenvalue weighted by atomic mass is 16.7. The lowest BCUT2D eigenvalue weighted by Gasteiger charge is -2.09. The van der Waals surface area contributed by atoms with Crippen LogP contribution in [0.4, 0.5) is 0 Å². The van der Waals surface area contributed by atoms with Gasteiger partial charge in [0.1, 0.15) is 9.85 Å². The molecule has 0 amide bonds. The van der Waals surface area contributed by atoms with Crippen molar-refractivity contribution in [3.63, 3.8) is 0 Å². The third-order valence-electron chi connectivity index (χ3n) is 3.22. The summed E-state index contributed by atoms with van der Waals surface area (Å²) in [5, 5.41) is 26.8. The molecule has 0 spiro atoms. The first-order valence-electron chi connectivity index (χ1n) is 7.05. The van der Waals surface area contributed by atoms with E-state index < -0.39 is 15.7 Å². The van der Waals surface area contributed by atoms with Crippen molar-refractivity contribution in [1.29, 1.82) is 0 Å². The van der Waals surface area contributed by atoms with E-state index in [1.54, 1.807) is 0 Å². The first-order chi connectivity index (χ1) is 10.0. The summed E-state index contributed by atoms with van der Waals surface area (Å²) in [6.45, 7) is 0.245. The Morgan fingerprint density at radius 2 is 1.48 bits per heavy atom. The van der Waals surface area contributed by atoms with Crippen LogP contribution in [0.2, 0.25) is 0 Å². The van der Waals surface area contributed by atoms with Crippen LogP contribution in [-0.2, 0) is 4.79 Å². The predicted octanol–water partition coefficient (Wildman–Crippen LogP) is 1.16. The number of hydrogen-bond acceptors (Lipinski definition) is 7. The van der Waals surface area contributed by atoms with Gasteiger partial charge in [-0.15, -0.1) is 0 Å². The highest BCUT2D eigenvalue weighted by Crippen LogP contribution is 2.09. The van der Waals surface area contributed by atoms with E-state index >= 15 is 0 Å². The van der Waals surface area contributed by atoms with Gasteiger partial charge in [-0.25, -0.2) is 0 Å². The van der Waals surface area contributed by atoms with E-state index in [2.05, 4.69) is 10.6 Å². The molecule has 1 aliphatic heterocycles. The average molecular weight is 300 g/mol. The van der Waals surface area contributed by atoms with E-state index in [0.29, 0.717) is 13.0 Å². The quantitative estimate of drug-likeness (QED) is 0.578. The summed E-state index contributed by atoms with van der Waals surface area (Å²) in [6.07, 6.45) is 5.94. The minimum atomic E-state index is -1.15. The van der Waals surface area contributed by atoms with Crippen molar-refractivity contribution in [3.05, 3.63) is 31.9 Å². The molecule has 21 heavy (non-hydrogen) atoms. The number of ketones is 1. The Kier molecular flexibility index (Phi) is 7.13. The van der Waals surface area contributed by atoms with Crippen molar-refractivity contribution >= 4 is 5.78 Å². The molecule has 2 N–H and O–H groups in total. The normalized spacial score (nSPS) is 18.3. The van der Waals surface area contributed by atoms with Crippen molar-refractivity contribution in [2.75, 3.05) is 13.1 Å². The third-order valence-corrected chi connectivity index (χ3v) is 3.22. The summed E-state index contributed by atoms with van der Waals surface area (Å²) >= 11 is 0. The highest BCUT2D eigenvalue weighted by molar-refractivity contribution is 5.80. The molecule has 1 rings (SSSR count). The van der Waals surface area contributed by atoms with Gasteiger partial charge in [0.25, 0.3) is 5.82 Å². The molecule has 118 valence electrons. The number of carbonyl (C=O) groups is 1. The molecule has 0 aromatic carbocycles. The molecule has 9 heteroatoms. The van der Waals surface area contributed by atoms with E-state index in [0.717, 1.165) is 38.5 Å². The van der Waals surface area contributed by atoms with E-state index in [1.165, 1.54) is 0 Å². The van der Waals surface area contributed by atoms with Gasteiger partial charge in [-0.1, -0.05) is 25.7 Å². The number of nitrogens with one attached hydrogen (secondary N) is 2. The van der Waals surface area contributed by atoms with E-state index in [4.69, 9.17) is 0 Å². The summed E-state index contributed by atoms with van der Waals surface area (Å²) in [6, 6.07) is 0. The van der Waals surface area contributed by atoms with Crippen LogP contribution < -0.4 is 10.6 Å². The minimum absolute atomic E-state index is 0.111. The lowest BCUT2D eigenvalue weighted by Crippen LogP contribution is -2.35. The van der Waals surface area contributed by atoms with E-state index in [1.807, 2.05) is 0 Å². The second-order valence-corrected chi connectivity index (χ2v) is 4.90. The molecular weight excluding hydrogens is 280 g/mol. The van der Waals surface area contributed by atoms with Gasteiger partial charge in [0.15, 0.2) is 5.78 Å². The molecule has 1 heterocycles. The molecule has 0 aliphatic carbocycles. The maximum absolute atomic E-state index is 11.6. The van der Waals surface area contributed by atoms with Gasteiger partial charge in [-0.3, -0.25) is 25.0 Å². The fourth-order valence-corrected chi connectivity index (χ4v) is 2.11. The van der Waals surface area contributed by atoms with Crippen LogP contribution in [0.1, 0.15) is 44.9 Å². The Labute approximate surface area is 122 Å². The molecular formula is C12H20N4O5. The van der Waals surface area contributed by atoms with Crippen LogP contribution in [0.3, 0.4) is 0 Å². The second-order valence-electron chi connectivity index (χ2n) is 4.90.